The van der Waals surface area contributed by atoms with Gasteiger partial charge in [0, 0.05) is 35.4 Å². The minimum absolute atomic E-state index is 0.111. The van der Waals surface area contributed by atoms with Gasteiger partial charge in [-0.25, -0.2) is 0 Å². The largest absolute Gasteiger partial charge is 0.302 e. The molecule has 2 aromatic carbocycles. The number of carbonyl (C=O) groups excluding carboxylic acids is 2. The normalized spacial score (nSPS) is 17.9. The maximum absolute atomic E-state index is 12.7. The number of alkyl halides is 2. The molecule has 1 aromatic heterocycles. The van der Waals surface area contributed by atoms with Gasteiger partial charge in [-0.1, -0.05) is 24.3 Å². The molecule has 0 saturated carbocycles. The van der Waals surface area contributed by atoms with Crippen molar-refractivity contribution in [3.8, 4) is 11.5 Å². The molecule has 2 aliphatic rings. The third kappa shape index (κ3) is 6.90. The summed E-state index contributed by atoms with van der Waals surface area (Å²) in [6.45, 7) is 0.770. The van der Waals surface area contributed by atoms with Crippen molar-refractivity contribution in [1.82, 2.24) is 9.88 Å². The number of hydrogen-bond acceptors (Lipinski definition) is 6. The van der Waals surface area contributed by atoms with E-state index in [4.69, 9.17) is 42.2 Å². The number of nitrogens with zero attached hydrogens (tertiary/aromatic N) is 1. The number of esters is 1. The summed E-state index contributed by atoms with van der Waals surface area (Å²) >= 11 is 16.3. The first kappa shape index (κ1) is 30.0. The Morgan fingerprint density at radius 1 is 1.22 bits per heavy atom. The van der Waals surface area contributed by atoms with Crippen molar-refractivity contribution in [2.75, 3.05) is 32.2 Å². The van der Waals surface area contributed by atoms with Gasteiger partial charge in [0.2, 0.25) is 6.79 Å². The molecule has 0 unspecified atom stereocenters. The quantitative estimate of drug-likeness (QED) is 0.184. The molecule has 2 aliphatic heterocycles. The van der Waals surface area contributed by atoms with Crippen LogP contribution in [0.25, 0.3) is 10.9 Å². The molecule has 0 aliphatic carbocycles. The average molecular weight is 872 g/mol. The SMILES string of the molecule is COC(=O)[C@H]1Cc2c([nH]c3ccccc23)[C@@H](c2ccc3c(c2)OCO3)N1CCCl.I[I-]I.O=CCCl. The number of nitrogens with one attached hydrogen (secondary N) is 1. The van der Waals surface area contributed by atoms with Crippen LogP contribution in [0.15, 0.2) is 42.5 Å². The zero-order chi connectivity index (χ0) is 26.1. The molecule has 0 amide bonds. The Morgan fingerprint density at radius 2 is 1.92 bits per heavy atom. The van der Waals surface area contributed by atoms with Gasteiger partial charge in [-0.05, 0) is 29.3 Å². The number of aldehydes is 1. The predicted molar refractivity (Wildman–Crippen MR) is 154 cm³/mol. The second-order valence-corrected chi connectivity index (χ2v) is 24.6. The number of para-hydroxylation sites is 1. The molecular weight excluding hydrogens is 848 g/mol. The summed E-state index contributed by atoms with van der Waals surface area (Å²) in [6.07, 6.45) is 1.21. The molecule has 36 heavy (non-hydrogen) atoms. The molecule has 196 valence electrons. The van der Waals surface area contributed by atoms with E-state index in [-0.39, 0.29) is 24.7 Å². The number of aromatic nitrogens is 1. The predicted octanol–water partition coefficient (Wildman–Crippen LogP) is 2.82. The van der Waals surface area contributed by atoms with Crippen LogP contribution in [0.3, 0.4) is 0 Å². The van der Waals surface area contributed by atoms with Crippen molar-refractivity contribution in [3.05, 3.63) is 59.3 Å². The zero-order valence-corrected chi connectivity index (χ0v) is 27.2. The topological polar surface area (TPSA) is 80.9 Å². The fourth-order valence-corrected chi connectivity index (χ4v) is 4.70. The Kier molecular flexibility index (Phi) is 12.6. The molecule has 0 bridgehead atoms. The van der Waals surface area contributed by atoms with Crippen molar-refractivity contribution in [3.63, 3.8) is 0 Å². The Hall–Kier alpha value is -0.550. The summed E-state index contributed by atoms with van der Waals surface area (Å²) < 4.78 is 16.2. The van der Waals surface area contributed by atoms with Crippen LogP contribution < -0.4 is 22.7 Å². The molecule has 3 heterocycles. The van der Waals surface area contributed by atoms with E-state index in [2.05, 4.69) is 59.2 Å². The van der Waals surface area contributed by atoms with Crippen LogP contribution in [0.5, 0.6) is 11.5 Å². The van der Waals surface area contributed by atoms with Crippen LogP contribution in [0.4, 0.5) is 0 Å². The molecule has 0 spiro atoms. The van der Waals surface area contributed by atoms with E-state index in [0.717, 1.165) is 33.5 Å². The number of hydrogen-bond donors (Lipinski definition) is 1. The van der Waals surface area contributed by atoms with E-state index < -0.39 is 6.04 Å². The third-order valence-corrected chi connectivity index (χ3v) is 6.14. The number of ether oxygens (including phenoxy) is 3. The van der Waals surface area contributed by atoms with Gasteiger partial charge in [0.05, 0.1) is 19.0 Å². The molecule has 0 radical (unpaired) electrons. The third-order valence-electron chi connectivity index (χ3n) is 5.84. The van der Waals surface area contributed by atoms with Crippen LogP contribution in [0.2, 0.25) is 0 Å². The van der Waals surface area contributed by atoms with E-state index in [9.17, 15) is 4.79 Å². The van der Waals surface area contributed by atoms with E-state index in [1.807, 2.05) is 30.3 Å². The number of rotatable bonds is 5. The molecule has 0 saturated heterocycles. The van der Waals surface area contributed by atoms with Crippen molar-refractivity contribution >= 4 is 83.6 Å². The van der Waals surface area contributed by atoms with Crippen molar-refractivity contribution in [1.29, 1.82) is 0 Å². The standard InChI is InChI=1S/C22H21ClN2O4.C2H3ClO.I3/c1-27-22(26)17-11-15-14-4-2-3-5-16(14)24-20(15)21(25(17)9-8-23)13-6-7-18-19(10-13)29-12-28-18;3-1-2-4;1-3-2/h2-7,10,17,21,24H,8-9,11-12H2,1H3;2H,1H2;/q;;-1/t17-,21-;;/m1../s1. The fourth-order valence-electron chi connectivity index (χ4n) is 4.51. The van der Waals surface area contributed by atoms with Gasteiger partial charge in [-0.15, -0.1) is 23.2 Å². The molecule has 1 N–H and O–H groups in total. The fraction of sp³-hybridized carbons (Fsp3) is 0.333. The zero-order valence-electron chi connectivity index (χ0n) is 19.2. The summed E-state index contributed by atoms with van der Waals surface area (Å²) in [5.74, 6) is 1.71. The van der Waals surface area contributed by atoms with Gasteiger partial charge >= 0.3 is 56.5 Å². The van der Waals surface area contributed by atoms with E-state index >= 15 is 0 Å². The number of carbonyl (C=O) groups is 2. The van der Waals surface area contributed by atoms with Crippen LogP contribution in [-0.2, 0) is 20.7 Å². The van der Waals surface area contributed by atoms with E-state index in [0.29, 0.717) is 44.1 Å². The van der Waals surface area contributed by atoms with E-state index in [1.54, 1.807) is 0 Å². The average Bonchev–Trinajstić information content (AvgIpc) is 3.52. The minimum Gasteiger partial charge on any atom is -0.302 e. The summed E-state index contributed by atoms with van der Waals surface area (Å²) in [6, 6.07) is 13.5. The maximum atomic E-state index is 12.7. The molecule has 5 rings (SSSR count). The van der Waals surface area contributed by atoms with Gasteiger partial charge in [-0.2, -0.15) is 0 Å². The molecular formula is C24H24Cl2I3N2O5-. The van der Waals surface area contributed by atoms with Gasteiger partial charge in [-0.3, -0.25) is 9.69 Å². The number of halogens is 5. The number of fused-ring (bicyclic) bond motifs is 4. The summed E-state index contributed by atoms with van der Waals surface area (Å²) in [5, 5.41) is 1.13. The monoisotopic (exact) mass is 871 g/mol. The Bertz CT molecular complexity index is 1180. The van der Waals surface area contributed by atoms with Gasteiger partial charge < -0.3 is 24.0 Å². The second kappa shape index (κ2) is 15.1. The molecule has 3 aromatic rings. The first-order chi connectivity index (χ1) is 17.5. The number of aromatic amines is 1. The van der Waals surface area contributed by atoms with Crippen molar-refractivity contribution in [2.24, 2.45) is 0 Å². The van der Waals surface area contributed by atoms with Gasteiger partial charge in [0.25, 0.3) is 0 Å². The first-order valence-corrected chi connectivity index (χ1v) is 24.4. The van der Waals surface area contributed by atoms with Crippen LogP contribution >= 0.6 is 60.4 Å². The minimum atomic E-state index is -0.416. The smallest absolute Gasteiger partial charge is 0.134 e. The number of H-pyrrole nitrogens is 1. The van der Waals surface area contributed by atoms with Gasteiger partial charge in [0.1, 0.15) is 12.3 Å². The number of methoxy groups -OCH3 is 1. The molecule has 0 fully saturated rings. The first-order valence-electron chi connectivity index (χ1n) is 10.8. The number of benzene rings is 2. The Morgan fingerprint density at radius 3 is 2.58 bits per heavy atom. The second-order valence-electron chi connectivity index (χ2n) is 7.62. The molecule has 7 nitrogen and oxygen atoms in total. The Labute approximate surface area is 249 Å². The Balaban J connectivity index is 0.000000463. The van der Waals surface area contributed by atoms with Crippen molar-refractivity contribution < 1.29 is 37.1 Å². The molecule has 12 heteroatoms. The summed E-state index contributed by atoms with van der Waals surface area (Å²) in [7, 11) is 1.43. The van der Waals surface area contributed by atoms with Crippen LogP contribution in [0, 0.1) is 0 Å². The maximum Gasteiger partial charge on any atom is 0.134 e. The molecule has 2 atom stereocenters. The van der Waals surface area contributed by atoms with E-state index in [1.165, 1.54) is 7.11 Å². The van der Waals surface area contributed by atoms with Crippen LogP contribution in [-0.4, -0.2) is 60.4 Å². The van der Waals surface area contributed by atoms with Crippen molar-refractivity contribution in [2.45, 2.75) is 18.5 Å². The van der Waals surface area contributed by atoms with Crippen LogP contribution in [0.1, 0.15) is 22.9 Å². The summed E-state index contributed by atoms with van der Waals surface area (Å²) in [5.41, 5.74) is 4.29. The van der Waals surface area contributed by atoms with Gasteiger partial charge in [0.15, 0.2) is 11.5 Å². The summed E-state index contributed by atoms with van der Waals surface area (Å²) in [4.78, 5) is 27.5.